The lowest BCUT2D eigenvalue weighted by atomic mass is 10.2. The van der Waals surface area contributed by atoms with Gasteiger partial charge >= 0.3 is 0 Å². The Morgan fingerprint density at radius 3 is 2.48 bits per heavy atom. The van der Waals surface area contributed by atoms with Gasteiger partial charge in [0.1, 0.15) is 5.82 Å². The first-order chi connectivity index (χ1) is 14.2. The topological polar surface area (TPSA) is 75.6 Å². The molecule has 2 aromatic heterocycles. The minimum absolute atomic E-state index is 0.215. The predicted molar refractivity (Wildman–Crippen MR) is 113 cm³/mol. The summed E-state index contributed by atoms with van der Waals surface area (Å²) in [6, 6.07) is 21.4. The van der Waals surface area contributed by atoms with E-state index in [-0.39, 0.29) is 11.9 Å². The summed E-state index contributed by atoms with van der Waals surface area (Å²) >= 11 is 0. The zero-order chi connectivity index (χ0) is 20.2. The van der Waals surface area contributed by atoms with Gasteiger partial charge in [-0.3, -0.25) is 4.79 Å². The predicted octanol–water partition coefficient (Wildman–Crippen LogP) is 4.45. The number of nitrogens with one attached hydrogen (secondary N) is 2. The highest BCUT2D eigenvalue weighted by Crippen LogP contribution is 2.21. The van der Waals surface area contributed by atoms with Crippen molar-refractivity contribution < 1.29 is 4.79 Å². The maximum atomic E-state index is 12.8. The molecule has 29 heavy (non-hydrogen) atoms. The summed E-state index contributed by atoms with van der Waals surface area (Å²) in [6.45, 7) is 3.95. The van der Waals surface area contributed by atoms with Crippen LogP contribution in [0.4, 0.5) is 0 Å². The van der Waals surface area contributed by atoms with Gasteiger partial charge in [-0.15, -0.1) is 0 Å². The summed E-state index contributed by atoms with van der Waals surface area (Å²) in [5.41, 5.74) is 4.20. The van der Waals surface area contributed by atoms with Crippen LogP contribution in [-0.4, -0.2) is 25.7 Å². The van der Waals surface area contributed by atoms with Crippen LogP contribution in [0, 0.1) is 6.92 Å². The van der Waals surface area contributed by atoms with Crippen molar-refractivity contribution in [3.63, 3.8) is 0 Å². The standard InChI is InChI=1S/C23H23N5O/c1-3-19(22-24-15-21(25-22)17-10-6-4-7-11-17)26-23(29)20-14-16(2)28(27-20)18-12-8-5-9-13-18/h4-15,19H,3H2,1-2H3,(H,24,25)(H,26,29). The fourth-order valence-corrected chi connectivity index (χ4v) is 3.29. The van der Waals surface area contributed by atoms with Crippen molar-refractivity contribution in [3.05, 3.63) is 90.1 Å². The van der Waals surface area contributed by atoms with Gasteiger partial charge in [-0.2, -0.15) is 5.10 Å². The molecule has 6 nitrogen and oxygen atoms in total. The highest BCUT2D eigenvalue weighted by Gasteiger charge is 2.20. The summed E-state index contributed by atoms with van der Waals surface area (Å²) in [7, 11) is 0. The minimum atomic E-state index is -0.220. The Morgan fingerprint density at radius 1 is 1.10 bits per heavy atom. The Morgan fingerprint density at radius 2 is 1.79 bits per heavy atom. The van der Waals surface area contributed by atoms with Gasteiger partial charge in [0.2, 0.25) is 0 Å². The van der Waals surface area contributed by atoms with Crippen molar-refractivity contribution in [2.45, 2.75) is 26.3 Å². The third-order valence-electron chi connectivity index (χ3n) is 4.84. The first kappa shape index (κ1) is 18.7. The number of amides is 1. The number of hydrogen-bond donors (Lipinski definition) is 2. The van der Waals surface area contributed by atoms with E-state index in [1.807, 2.05) is 74.5 Å². The lowest BCUT2D eigenvalue weighted by Gasteiger charge is -2.13. The number of hydrogen-bond acceptors (Lipinski definition) is 3. The van der Waals surface area contributed by atoms with E-state index in [9.17, 15) is 4.79 Å². The monoisotopic (exact) mass is 385 g/mol. The molecule has 0 saturated heterocycles. The van der Waals surface area contributed by atoms with Gasteiger partial charge < -0.3 is 10.3 Å². The minimum Gasteiger partial charge on any atom is -0.341 e. The maximum Gasteiger partial charge on any atom is 0.272 e. The van der Waals surface area contributed by atoms with E-state index in [1.165, 1.54) is 0 Å². The number of nitrogens with zero attached hydrogens (tertiary/aromatic N) is 3. The molecule has 0 bridgehead atoms. The molecule has 2 heterocycles. The van der Waals surface area contributed by atoms with E-state index in [1.54, 1.807) is 16.9 Å². The van der Waals surface area contributed by atoms with Crippen LogP contribution in [0.5, 0.6) is 0 Å². The molecule has 4 aromatic rings. The van der Waals surface area contributed by atoms with Crippen LogP contribution in [-0.2, 0) is 0 Å². The van der Waals surface area contributed by atoms with Crippen LogP contribution >= 0.6 is 0 Å². The SMILES string of the molecule is CCC(NC(=O)c1cc(C)n(-c2ccccc2)n1)c1ncc(-c2ccccc2)[nH]1. The molecule has 2 N–H and O–H groups in total. The molecule has 146 valence electrons. The lowest BCUT2D eigenvalue weighted by molar-refractivity contribution is 0.0928. The fraction of sp³-hybridized carbons (Fsp3) is 0.174. The van der Waals surface area contributed by atoms with Crippen LogP contribution in [0.1, 0.15) is 41.4 Å². The Hall–Kier alpha value is -3.67. The van der Waals surface area contributed by atoms with Gasteiger partial charge in [-0.25, -0.2) is 9.67 Å². The van der Waals surface area contributed by atoms with Gasteiger partial charge in [0, 0.05) is 5.69 Å². The normalized spacial score (nSPS) is 11.9. The number of benzene rings is 2. The Labute approximate surface area is 169 Å². The van der Waals surface area contributed by atoms with E-state index in [0.717, 1.165) is 28.5 Å². The van der Waals surface area contributed by atoms with Gasteiger partial charge in [0.15, 0.2) is 5.69 Å². The molecule has 1 atom stereocenters. The number of aromatic amines is 1. The Balaban J connectivity index is 1.52. The molecule has 2 aromatic carbocycles. The average molecular weight is 385 g/mol. The molecule has 0 saturated carbocycles. The summed E-state index contributed by atoms with van der Waals surface area (Å²) in [5.74, 6) is 0.520. The second-order valence-electron chi connectivity index (χ2n) is 6.90. The molecule has 1 amide bonds. The van der Waals surface area contributed by atoms with Crippen LogP contribution in [0.3, 0.4) is 0 Å². The number of carbonyl (C=O) groups excluding carboxylic acids is 1. The van der Waals surface area contributed by atoms with E-state index in [4.69, 9.17) is 0 Å². The van der Waals surface area contributed by atoms with Crippen LogP contribution < -0.4 is 5.32 Å². The maximum absolute atomic E-state index is 12.8. The van der Waals surface area contributed by atoms with Crippen molar-refractivity contribution in [3.8, 4) is 16.9 Å². The Bertz CT molecular complexity index is 1100. The third-order valence-corrected chi connectivity index (χ3v) is 4.84. The molecule has 0 radical (unpaired) electrons. The second kappa shape index (κ2) is 8.14. The molecule has 1 unspecified atom stereocenters. The molecule has 6 heteroatoms. The first-order valence-corrected chi connectivity index (χ1v) is 9.69. The van der Waals surface area contributed by atoms with E-state index in [0.29, 0.717) is 12.1 Å². The first-order valence-electron chi connectivity index (χ1n) is 9.69. The quantitative estimate of drug-likeness (QED) is 0.515. The van der Waals surface area contributed by atoms with Crippen LogP contribution in [0.25, 0.3) is 16.9 Å². The number of rotatable bonds is 6. The molecule has 0 aliphatic rings. The van der Waals surface area contributed by atoms with Crippen molar-refractivity contribution in [2.75, 3.05) is 0 Å². The number of imidazole rings is 1. The van der Waals surface area contributed by atoms with Gasteiger partial charge in [0.05, 0.1) is 23.6 Å². The van der Waals surface area contributed by atoms with Gasteiger partial charge in [0.25, 0.3) is 5.91 Å². The molecular weight excluding hydrogens is 362 g/mol. The molecule has 0 aliphatic heterocycles. The number of aryl methyl sites for hydroxylation is 1. The van der Waals surface area contributed by atoms with Crippen LogP contribution in [0.15, 0.2) is 72.9 Å². The number of H-pyrrole nitrogens is 1. The van der Waals surface area contributed by atoms with Crippen molar-refractivity contribution >= 4 is 5.91 Å². The number of aromatic nitrogens is 4. The van der Waals surface area contributed by atoms with Crippen molar-refractivity contribution in [1.82, 2.24) is 25.1 Å². The zero-order valence-electron chi connectivity index (χ0n) is 16.5. The summed E-state index contributed by atoms with van der Waals surface area (Å²) < 4.78 is 1.77. The van der Waals surface area contributed by atoms with Gasteiger partial charge in [-0.1, -0.05) is 55.5 Å². The molecule has 0 fully saturated rings. The largest absolute Gasteiger partial charge is 0.341 e. The van der Waals surface area contributed by atoms with E-state index >= 15 is 0 Å². The van der Waals surface area contributed by atoms with E-state index < -0.39 is 0 Å². The van der Waals surface area contributed by atoms with Crippen molar-refractivity contribution in [1.29, 1.82) is 0 Å². The lowest BCUT2D eigenvalue weighted by Crippen LogP contribution is -2.29. The summed E-state index contributed by atoms with van der Waals surface area (Å²) in [6.07, 6.45) is 2.51. The molecule has 4 rings (SSSR count). The fourth-order valence-electron chi connectivity index (χ4n) is 3.29. The van der Waals surface area contributed by atoms with E-state index in [2.05, 4.69) is 20.4 Å². The van der Waals surface area contributed by atoms with Gasteiger partial charge in [-0.05, 0) is 37.1 Å². The average Bonchev–Trinajstić information content (AvgIpc) is 3.40. The molecular formula is C23H23N5O. The number of carbonyl (C=O) groups is 1. The third kappa shape index (κ3) is 3.96. The second-order valence-corrected chi connectivity index (χ2v) is 6.90. The van der Waals surface area contributed by atoms with Crippen LogP contribution in [0.2, 0.25) is 0 Å². The summed E-state index contributed by atoms with van der Waals surface area (Å²) in [4.78, 5) is 20.6. The number of para-hydroxylation sites is 1. The highest BCUT2D eigenvalue weighted by molar-refractivity contribution is 5.92. The zero-order valence-corrected chi connectivity index (χ0v) is 16.5. The Kier molecular flexibility index (Phi) is 5.24. The summed E-state index contributed by atoms with van der Waals surface area (Å²) in [5, 5.41) is 7.54. The molecule has 0 spiro atoms. The molecule has 0 aliphatic carbocycles. The highest BCUT2D eigenvalue weighted by atomic mass is 16.2. The smallest absolute Gasteiger partial charge is 0.272 e. The van der Waals surface area contributed by atoms with Crippen molar-refractivity contribution in [2.24, 2.45) is 0 Å².